The molecule has 1 saturated heterocycles. The molecule has 3 heterocycles. The number of nitrogens with zero attached hydrogens (tertiary/aromatic N) is 5. The minimum absolute atomic E-state index is 0.181. The third-order valence-electron chi connectivity index (χ3n) is 4.30. The van der Waals surface area contributed by atoms with Gasteiger partial charge in [-0.2, -0.15) is 0 Å². The highest BCUT2D eigenvalue weighted by atomic mass is 16.3. The van der Waals surface area contributed by atoms with E-state index in [1.165, 1.54) is 4.90 Å². The molecule has 126 valence electrons. The molecule has 2 aromatic rings. The highest BCUT2D eigenvalue weighted by Crippen LogP contribution is 2.26. The molecule has 0 bridgehead atoms. The van der Waals surface area contributed by atoms with Crippen molar-refractivity contribution in [3.05, 3.63) is 48.2 Å². The number of pyridine rings is 1. The zero-order chi connectivity index (χ0) is 17.2. The van der Waals surface area contributed by atoms with E-state index >= 15 is 0 Å². The quantitative estimate of drug-likeness (QED) is 0.898. The van der Waals surface area contributed by atoms with E-state index in [-0.39, 0.29) is 12.5 Å². The van der Waals surface area contributed by atoms with Crippen LogP contribution in [0.1, 0.15) is 22.5 Å². The minimum atomic E-state index is -0.968. The summed E-state index contributed by atoms with van der Waals surface area (Å²) in [4.78, 5) is 28.6. The zero-order valence-electron chi connectivity index (χ0n) is 13.9. The molecule has 0 radical (unpaired) electrons. The number of amides is 1. The van der Waals surface area contributed by atoms with Crippen LogP contribution in [0.3, 0.4) is 0 Å². The Hall–Kier alpha value is -2.54. The molecule has 0 spiro atoms. The predicted octanol–water partition coefficient (Wildman–Crippen LogP) is 0.893. The molecular formula is C17H21N5O2. The zero-order valence-corrected chi connectivity index (χ0v) is 13.9. The van der Waals surface area contributed by atoms with Crippen molar-refractivity contribution in [3.8, 4) is 0 Å². The number of hydrogen-bond acceptors (Lipinski definition) is 6. The summed E-state index contributed by atoms with van der Waals surface area (Å²) in [5, 5.41) is 10.9. The van der Waals surface area contributed by atoms with Gasteiger partial charge in [-0.15, -0.1) is 0 Å². The summed E-state index contributed by atoms with van der Waals surface area (Å²) in [7, 11) is 1.69. The van der Waals surface area contributed by atoms with Gasteiger partial charge in [0.1, 0.15) is 17.1 Å². The van der Waals surface area contributed by atoms with Gasteiger partial charge in [-0.3, -0.25) is 14.8 Å². The van der Waals surface area contributed by atoms with Crippen LogP contribution in [-0.4, -0.2) is 63.1 Å². The van der Waals surface area contributed by atoms with E-state index in [1.807, 2.05) is 17.9 Å². The van der Waals surface area contributed by atoms with E-state index in [1.54, 1.807) is 37.9 Å². The average molecular weight is 327 g/mol. The Balaban J connectivity index is 1.67. The standard InChI is InChI=1S/C17H21N5O2/c1-13-4-3-6-20-15(13)16(23)21(2)11-17(24)5-9-22(12-17)14-10-18-7-8-19-14/h3-4,6-8,10,24H,5,9,11-12H2,1-2H3/t17-/m1/s1. The summed E-state index contributed by atoms with van der Waals surface area (Å²) < 4.78 is 0. The number of anilines is 1. The van der Waals surface area contributed by atoms with Crippen molar-refractivity contribution in [2.75, 3.05) is 31.6 Å². The second kappa shape index (κ2) is 6.52. The average Bonchev–Trinajstić information content (AvgIpc) is 2.97. The first-order valence-corrected chi connectivity index (χ1v) is 7.89. The third kappa shape index (κ3) is 3.35. The van der Waals surface area contributed by atoms with Gasteiger partial charge in [0.15, 0.2) is 0 Å². The number of aryl methyl sites for hydroxylation is 1. The molecule has 1 fully saturated rings. The third-order valence-corrected chi connectivity index (χ3v) is 4.30. The fraction of sp³-hybridized carbons (Fsp3) is 0.412. The molecule has 24 heavy (non-hydrogen) atoms. The first-order chi connectivity index (χ1) is 11.5. The molecule has 1 N–H and O–H groups in total. The van der Waals surface area contributed by atoms with Gasteiger partial charge in [-0.1, -0.05) is 6.07 Å². The van der Waals surface area contributed by atoms with Crippen molar-refractivity contribution in [1.82, 2.24) is 19.9 Å². The summed E-state index contributed by atoms with van der Waals surface area (Å²) in [5.74, 6) is 0.558. The number of carbonyl (C=O) groups excluding carboxylic acids is 1. The highest BCUT2D eigenvalue weighted by molar-refractivity contribution is 5.93. The van der Waals surface area contributed by atoms with Crippen LogP contribution in [0.25, 0.3) is 0 Å². The van der Waals surface area contributed by atoms with E-state index in [9.17, 15) is 9.90 Å². The van der Waals surface area contributed by atoms with Crippen LogP contribution in [0.4, 0.5) is 5.82 Å². The van der Waals surface area contributed by atoms with Crippen LogP contribution in [0.2, 0.25) is 0 Å². The maximum absolute atomic E-state index is 12.6. The fourth-order valence-electron chi connectivity index (χ4n) is 3.04. The molecular weight excluding hydrogens is 306 g/mol. The van der Waals surface area contributed by atoms with Crippen LogP contribution in [-0.2, 0) is 0 Å². The van der Waals surface area contributed by atoms with Gasteiger partial charge in [-0.05, 0) is 25.0 Å². The van der Waals surface area contributed by atoms with Crippen LogP contribution in [0.15, 0.2) is 36.9 Å². The van der Waals surface area contributed by atoms with Crippen molar-refractivity contribution >= 4 is 11.7 Å². The molecule has 1 atom stereocenters. The normalized spacial score (nSPS) is 20.2. The maximum Gasteiger partial charge on any atom is 0.272 e. The van der Waals surface area contributed by atoms with Crippen molar-refractivity contribution in [1.29, 1.82) is 0 Å². The number of likely N-dealkylation sites (N-methyl/N-ethyl adjacent to an activating group) is 1. The number of carbonyl (C=O) groups is 1. The summed E-state index contributed by atoms with van der Waals surface area (Å²) in [5.41, 5.74) is 0.284. The van der Waals surface area contributed by atoms with Crippen LogP contribution in [0, 0.1) is 6.92 Å². The Bertz CT molecular complexity index is 724. The molecule has 1 amide bonds. The van der Waals surface area contributed by atoms with Gasteiger partial charge in [0.05, 0.1) is 12.7 Å². The lowest BCUT2D eigenvalue weighted by Gasteiger charge is -2.29. The van der Waals surface area contributed by atoms with Gasteiger partial charge < -0.3 is 14.9 Å². The molecule has 1 aliphatic rings. The Labute approximate surface area is 141 Å². The lowest BCUT2D eigenvalue weighted by molar-refractivity contribution is 0.0261. The lowest BCUT2D eigenvalue weighted by atomic mass is 10.0. The second-order valence-corrected chi connectivity index (χ2v) is 6.29. The van der Waals surface area contributed by atoms with Crippen molar-refractivity contribution in [2.24, 2.45) is 0 Å². The van der Waals surface area contributed by atoms with E-state index in [0.29, 0.717) is 25.2 Å². The van der Waals surface area contributed by atoms with Gasteiger partial charge >= 0.3 is 0 Å². The summed E-state index contributed by atoms with van der Waals surface area (Å²) in [6.07, 6.45) is 7.11. The molecule has 1 aliphatic heterocycles. The SMILES string of the molecule is Cc1cccnc1C(=O)N(C)C[C@]1(O)CCN(c2cnccn2)C1. The number of rotatable bonds is 4. The number of aromatic nitrogens is 3. The summed E-state index contributed by atoms with van der Waals surface area (Å²) in [6, 6.07) is 3.66. The number of β-amino-alcohol motifs (C(OH)–C–C–N with tert-alkyl or cyclic N) is 1. The first kappa shape index (κ1) is 16.3. The van der Waals surface area contributed by atoms with Crippen molar-refractivity contribution < 1.29 is 9.90 Å². The predicted molar refractivity (Wildman–Crippen MR) is 89.7 cm³/mol. The molecule has 7 nitrogen and oxygen atoms in total. The van der Waals surface area contributed by atoms with Crippen molar-refractivity contribution in [3.63, 3.8) is 0 Å². The van der Waals surface area contributed by atoms with Crippen molar-refractivity contribution in [2.45, 2.75) is 18.9 Å². The molecule has 7 heteroatoms. The van der Waals surface area contributed by atoms with E-state index in [0.717, 1.165) is 11.4 Å². The lowest BCUT2D eigenvalue weighted by Crippen LogP contribution is -2.46. The minimum Gasteiger partial charge on any atom is -0.386 e. The fourth-order valence-corrected chi connectivity index (χ4v) is 3.04. The Morgan fingerprint density at radius 1 is 1.38 bits per heavy atom. The molecule has 0 aliphatic carbocycles. The van der Waals surface area contributed by atoms with Gasteiger partial charge in [-0.25, -0.2) is 4.98 Å². The van der Waals surface area contributed by atoms with Gasteiger partial charge in [0.25, 0.3) is 5.91 Å². The maximum atomic E-state index is 12.6. The smallest absolute Gasteiger partial charge is 0.272 e. The Morgan fingerprint density at radius 2 is 2.21 bits per heavy atom. The second-order valence-electron chi connectivity index (χ2n) is 6.29. The topological polar surface area (TPSA) is 82.5 Å². The molecule has 3 rings (SSSR count). The Kier molecular flexibility index (Phi) is 4.44. The molecule has 2 aromatic heterocycles. The van der Waals surface area contributed by atoms with Gasteiger partial charge in [0.2, 0.25) is 0 Å². The highest BCUT2D eigenvalue weighted by Gasteiger charge is 2.38. The molecule has 0 aromatic carbocycles. The molecule has 0 saturated carbocycles. The summed E-state index contributed by atoms with van der Waals surface area (Å²) in [6.45, 7) is 3.21. The van der Waals surface area contributed by atoms with E-state index < -0.39 is 5.60 Å². The van der Waals surface area contributed by atoms with E-state index in [4.69, 9.17) is 0 Å². The number of aliphatic hydroxyl groups is 1. The Morgan fingerprint density at radius 3 is 2.92 bits per heavy atom. The van der Waals surface area contributed by atoms with Crippen LogP contribution < -0.4 is 4.90 Å². The molecule has 0 unspecified atom stereocenters. The first-order valence-electron chi connectivity index (χ1n) is 7.89. The number of hydrogen-bond donors (Lipinski definition) is 1. The summed E-state index contributed by atoms with van der Waals surface area (Å²) >= 11 is 0. The van der Waals surface area contributed by atoms with E-state index in [2.05, 4.69) is 15.0 Å². The van der Waals surface area contributed by atoms with Gasteiger partial charge in [0, 0.05) is 38.7 Å². The van der Waals surface area contributed by atoms with Crippen LogP contribution >= 0.6 is 0 Å². The largest absolute Gasteiger partial charge is 0.386 e. The monoisotopic (exact) mass is 327 g/mol. The van der Waals surface area contributed by atoms with Crippen LogP contribution in [0.5, 0.6) is 0 Å².